The SMILES string of the molecule is COC(=O)C(CC(=O)c1ccc(C(F)F)cc1)C(=O)OC. The van der Waals surface area contributed by atoms with E-state index in [4.69, 9.17) is 0 Å². The molecule has 1 aromatic carbocycles. The van der Waals surface area contributed by atoms with Gasteiger partial charge >= 0.3 is 11.9 Å². The van der Waals surface area contributed by atoms with Crippen LogP contribution in [0.15, 0.2) is 24.3 Å². The van der Waals surface area contributed by atoms with Crippen molar-refractivity contribution in [3.8, 4) is 0 Å². The molecule has 114 valence electrons. The standard InChI is InChI=1S/C14H14F2O5/c1-20-13(18)10(14(19)21-2)7-11(17)8-3-5-9(6-4-8)12(15)16/h3-6,10,12H,7H2,1-2H3. The Balaban J connectivity index is 2.86. The van der Waals surface area contributed by atoms with Crippen molar-refractivity contribution >= 4 is 17.7 Å². The van der Waals surface area contributed by atoms with E-state index >= 15 is 0 Å². The molecule has 0 amide bonds. The van der Waals surface area contributed by atoms with Gasteiger partial charge in [-0.1, -0.05) is 24.3 Å². The number of ether oxygens (including phenoxy) is 2. The number of esters is 2. The van der Waals surface area contributed by atoms with Crippen LogP contribution in [-0.4, -0.2) is 31.9 Å². The molecule has 0 saturated heterocycles. The molecule has 0 aliphatic heterocycles. The molecule has 0 bridgehead atoms. The summed E-state index contributed by atoms with van der Waals surface area (Å²) in [5.41, 5.74) is -0.0961. The Morgan fingerprint density at radius 1 is 1.00 bits per heavy atom. The smallest absolute Gasteiger partial charge is 0.320 e. The summed E-state index contributed by atoms with van der Waals surface area (Å²) in [7, 11) is 2.17. The van der Waals surface area contributed by atoms with Crippen molar-refractivity contribution in [3.05, 3.63) is 35.4 Å². The number of alkyl halides is 2. The molecule has 0 saturated carbocycles. The number of halogens is 2. The molecule has 5 nitrogen and oxygen atoms in total. The van der Waals surface area contributed by atoms with Crippen molar-refractivity contribution in [2.24, 2.45) is 5.92 Å². The molecule has 1 rings (SSSR count). The zero-order valence-electron chi connectivity index (χ0n) is 11.5. The molecule has 7 heteroatoms. The Morgan fingerprint density at radius 3 is 1.86 bits per heavy atom. The summed E-state index contributed by atoms with van der Waals surface area (Å²) in [5, 5.41) is 0. The molecule has 0 aliphatic carbocycles. The van der Waals surface area contributed by atoms with Crippen LogP contribution in [0.2, 0.25) is 0 Å². The lowest BCUT2D eigenvalue weighted by Crippen LogP contribution is -2.28. The fourth-order valence-corrected chi connectivity index (χ4v) is 1.67. The maximum atomic E-state index is 12.4. The minimum Gasteiger partial charge on any atom is -0.468 e. The molecule has 0 radical (unpaired) electrons. The van der Waals surface area contributed by atoms with E-state index in [-0.39, 0.29) is 11.1 Å². The normalized spacial score (nSPS) is 10.6. The molecule has 0 heterocycles. The van der Waals surface area contributed by atoms with Gasteiger partial charge in [-0.3, -0.25) is 14.4 Å². The number of Topliss-reactive ketones (excluding diaryl/α,β-unsaturated/α-hetero) is 1. The van der Waals surface area contributed by atoms with Crippen LogP contribution in [0.1, 0.15) is 28.8 Å². The van der Waals surface area contributed by atoms with Crippen molar-refractivity contribution in [2.45, 2.75) is 12.8 Å². The van der Waals surface area contributed by atoms with E-state index in [0.717, 1.165) is 26.4 Å². The first kappa shape index (κ1) is 16.7. The summed E-state index contributed by atoms with van der Waals surface area (Å²) in [6, 6.07) is 4.66. The second-order valence-corrected chi connectivity index (χ2v) is 4.15. The number of rotatable bonds is 6. The van der Waals surface area contributed by atoms with Crippen LogP contribution in [0, 0.1) is 5.92 Å². The highest BCUT2D eigenvalue weighted by Crippen LogP contribution is 2.20. The van der Waals surface area contributed by atoms with Gasteiger partial charge in [-0.15, -0.1) is 0 Å². The number of benzene rings is 1. The summed E-state index contributed by atoms with van der Waals surface area (Å²) < 4.78 is 33.7. The number of hydrogen-bond donors (Lipinski definition) is 0. The molecular formula is C14H14F2O5. The topological polar surface area (TPSA) is 69.7 Å². The Bertz CT molecular complexity index is 509. The van der Waals surface area contributed by atoms with Gasteiger partial charge in [0.15, 0.2) is 11.7 Å². The first-order valence-corrected chi connectivity index (χ1v) is 5.97. The van der Waals surface area contributed by atoms with Gasteiger partial charge in [0.1, 0.15) is 0 Å². The van der Waals surface area contributed by atoms with Crippen LogP contribution in [-0.2, 0) is 19.1 Å². The third-order valence-electron chi connectivity index (χ3n) is 2.85. The van der Waals surface area contributed by atoms with E-state index in [1.807, 2.05) is 0 Å². The molecule has 0 aromatic heterocycles. The van der Waals surface area contributed by atoms with Crippen LogP contribution >= 0.6 is 0 Å². The molecule has 1 aromatic rings. The highest BCUT2D eigenvalue weighted by molar-refractivity contribution is 6.04. The van der Waals surface area contributed by atoms with Crippen LogP contribution in [0.25, 0.3) is 0 Å². The summed E-state index contributed by atoms with van der Waals surface area (Å²) in [6.45, 7) is 0. The van der Waals surface area contributed by atoms with Gasteiger partial charge in [0.2, 0.25) is 0 Å². The Hall–Kier alpha value is -2.31. The van der Waals surface area contributed by atoms with E-state index in [1.165, 1.54) is 12.1 Å². The average Bonchev–Trinajstić information content (AvgIpc) is 2.50. The average molecular weight is 300 g/mol. The third kappa shape index (κ3) is 4.34. The lowest BCUT2D eigenvalue weighted by atomic mass is 9.97. The van der Waals surface area contributed by atoms with Gasteiger partial charge in [-0.25, -0.2) is 8.78 Å². The highest BCUT2D eigenvalue weighted by Gasteiger charge is 2.31. The molecule has 0 spiro atoms. The number of carbonyl (C=O) groups excluding carboxylic acids is 3. The number of carbonyl (C=O) groups is 3. The Kier molecular flexibility index (Phi) is 5.95. The van der Waals surface area contributed by atoms with Gasteiger partial charge in [0, 0.05) is 17.5 Å². The van der Waals surface area contributed by atoms with Gasteiger partial charge in [0.05, 0.1) is 14.2 Å². The predicted molar refractivity (Wildman–Crippen MR) is 67.9 cm³/mol. The lowest BCUT2D eigenvalue weighted by molar-refractivity contribution is -0.158. The van der Waals surface area contributed by atoms with Gasteiger partial charge in [0.25, 0.3) is 6.43 Å². The number of hydrogen-bond acceptors (Lipinski definition) is 5. The second kappa shape index (κ2) is 7.47. The third-order valence-corrected chi connectivity index (χ3v) is 2.85. The molecule has 0 fully saturated rings. The molecule has 0 aliphatic rings. The lowest BCUT2D eigenvalue weighted by Gasteiger charge is -2.11. The molecule has 0 N–H and O–H groups in total. The van der Waals surface area contributed by atoms with Crippen molar-refractivity contribution in [1.29, 1.82) is 0 Å². The maximum Gasteiger partial charge on any atom is 0.320 e. The Labute approximate surface area is 119 Å². The van der Waals surface area contributed by atoms with Crippen molar-refractivity contribution in [2.75, 3.05) is 14.2 Å². The molecule has 21 heavy (non-hydrogen) atoms. The molecular weight excluding hydrogens is 286 g/mol. The first-order valence-electron chi connectivity index (χ1n) is 5.97. The van der Waals surface area contributed by atoms with E-state index in [2.05, 4.69) is 9.47 Å². The van der Waals surface area contributed by atoms with E-state index < -0.39 is 36.5 Å². The summed E-state index contributed by atoms with van der Waals surface area (Å²) in [6.07, 6.45) is -3.08. The van der Waals surface area contributed by atoms with Crippen LogP contribution in [0.5, 0.6) is 0 Å². The van der Waals surface area contributed by atoms with Crippen molar-refractivity contribution in [1.82, 2.24) is 0 Å². The van der Waals surface area contributed by atoms with Crippen LogP contribution < -0.4 is 0 Å². The zero-order chi connectivity index (χ0) is 16.0. The van der Waals surface area contributed by atoms with Gasteiger partial charge < -0.3 is 9.47 Å². The second-order valence-electron chi connectivity index (χ2n) is 4.15. The van der Waals surface area contributed by atoms with Crippen LogP contribution in [0.3, 0.4) is 0 Å². The quantitative estimate of drug-likeness (QED) is 0.457. The fraction of sp³-hybridized carbons (Fsp3) is 0.357. The summed E-state index contributed by atoms with van der Waals surface area (Å²) in [5.74, 6) is -3.70. The van der Waals surface area contributed by atoms with E-state index in [9.17, 15) is 23.2 Å². The minimum atomic E-state index is -2.63. The number of ketones is 1. The summed E-state index contributed by atoms with van der Waals surface area (Å²) in [4.78, 5) is 34.9. The number of methoxy groups -OCH3 is 2. The first-order chi connectivity index (χ1) is 9.90. The zero-order valence-corrected chi connectivity index (χ0v) is 11.5. The monoisotopic (exact) mass is 300 g/mol. The Morgan fingerprint density at radius 2 is 1.48 bits per heavy atom. The molecule has 0 unspecified atom stereocenters. The minimum absolute atomic E-state index is 0.122. The fourth-order valence-electron chi connectivity index (χ4n) is 1.67. The highest BCUT2D eigenvalue weighted by atomic mass is 19.3. The van der Waals surface area contributed by atoms with Crippen LogP contribution in [0.4, 0.5) is 8.78 Å². The van der Waals surface area contributed by atoms with E-state index in [1.54, 1.807) is 0 Å². The van der Waals surface area contributed by atoms with Crippen molar-refractivity contribution in [3.63, 3.8) is 0 Å². The largest absolute Gasteiger partial charge is 0.468 e. The van der Waals surface area contributed by atoms with Crippen molar-refractivity contribution < 1.29 is 32.6 Å². The molecule has 0 atom stereocenters. The van der Waals surface area contributed by atoms with Gasteiger partial charge in [-0.05, 0) is 0 Å². The summed E-state index contributed by atoms with van der Waals surface area (Å²) >= 11 is 0. The maximum absolute atomic E-state index is 12.4. The predicted octanol–water partition coefficient (Wildman–Crippen LogP) is 2.16. The van der Waals surface area contributed by atoms with E-state index in [0.29, 0.717) is 0 Å². The van der Waals surface area contributed by atoms with Gasteiger partial charge in [-0.2, -0.15) is 0 Å².